The number of hydrogen-bond acceptors (Lipinski definition) is 7. The van der Waals surface area contributed by atoms with Crippen LogP contribution in [-0.2, 0) is 0 Å². The lowest BCUT2D eigenvalue weighted by atomic mass is 10.3. The molecule has 0 aliphatic heterocycles. The number of para-hydroxylation sites is 2. The molecule has 3 rings (SSSR count). The number of imidazole rings is 1. The van der Waals surface area contributed by atoms with Crippen molar-refractivity contribution in [3.63, 3.8) is 0 Å². The van der Waals surface area contributed by atoms with Gasteiger partial charge in [-0.25, -0.2) is 4.98 Å². The predicted molar refractivity (Wildman–Crippen MR) is 80.2 cm³/mol. The zero-order valence-electron chi connectivity index (χ0n) is 11.4. The summed E-state index contributed by atoms with van der Waals surface area (Å²) in [5.41, 5.74) is 7.53. The fourth-order valence-corrected chi connectivity index (χ4v) is 2.46. The second-order valence-electron chi connectivity index (χ2n) is 4.27. The van der Waals surface area contributed by atoms with Gasteiger partial charge in [0.15, 0.2) is 5.16 Å². The number of rotatable bonds is 5. The monoisotopic (exact) mass is 302 g/mol. The summed E-state index contributed by atoms with van der Waals surface area (Å²) in [6.45, 7) is 2.55. The Morgan fingerprint density at radius 3 is 2.86 bits per heavy atom. The maximum atomic E-state index is 5.67. The van der Waals surface area contributed by atoms with E-state index >= 15 is 0 Å². The first-order valence-electron chi connectivity index (χ1n) is 6.51. The van der Waals surface area contributed by atoms with Crippen molar-refractivity contribution in [2.24, 2.45) is 0 Å². The number of anilines is 1. The van der Waals surface area contributed by atoms with Gasteiger partial charge in [-0.1, -0.05) is 19.1 Å². The Morgan fingerprint density at radius 1 is 1.19 bits per heavy atom. The highest BCUT2D eigenvalue weighted by atomic mass is 32.2. The normalized spacial score (nSPS) is 10.9. The lowest BCUT2D eigenvalue weighted by Gasteiger charge is -2.04. The van der Waals surface area contributed by atoms with Crippen molar-refractivity contribution in [3.8, 4) is 6.01 Å². The number of nitrogens with two attached hydrogens (primary N) is 1. The molecule has 0 amide bonds. The van der Waals surface area contributed by atoms with E-state index in [2.05, 4.69) is 24.9 Å². The van der Waals surface area contributed by atoms with Crippen molar-refractivity contribution in [3.05, 3.63) is 24.3 Å². The third-order valence-electron chi connectivity index (χ3n) is 2.60. The fourth-order valence-electron chi connectivity index (χ4n) is 1.72. The van der Waals surface area contributed by atoms with Gasteiger partial charge in [-0.3, -0.25) is 0 Å². The predicted octanol–water partition coefficient (Wildman–Crippen LogP) is 2.27. The summed E-state index contributed by atoms with van der Waals surface area (Å²) < 4.78 is 5.39. The lowest BCUT2D eigenvalue weighted by molar-refractivity contribution is 0.288. The molecule has 8 heteroatoms. The molecule has 2 heterocycles. The van der Waals surface area contributed by atoms with Gasteiger partial charge in [-0.15, -0.1) is 0 Å². The van der Waals surface area contributed by atoms with Crippen LogP contribution in [0.15, 0.2) is 34.6 Å². The molecule has 0 saturated heterocycles. The summed E-state index contributed by atoms with van der Waals surface area (Å²) in [6, 6.07) is 8.03. The maximum Gasteiger partial charge on any atom is 0.322 e. The third kappa shape index (κ3) is 3.22. The molecule has 0 aliphatic rings. The number of nitrogens with zero attached hydrogens (tertiary/aromatic N) is 4. The van der Waals surface area contributed by atoms with E-state index in [0.29, 0.717) is 16.9 Å². The van der Waals surface area contributed by atoms with Crippen LogP contribution in [0.5, 0.6) is 6.01 Å². The van der Waals surface area contributed by atoms with Crippen LogP contribution in [0.2, 0.25) is 0 Å². The van der Waals surface area contributed by atoms with E-state index in [1.165, 1.54) is 11.8 Å². The van der Waals surface area contributed by atoms with Crippen LogP contribution >= 0.6 is 11.8 Å². The molecule has 1 aromatic carbocycles. The number of nitrogens with one attached hydrogen (secondary N) is 1. The van der Waals surface area contributed by atoms with Crippen LogP contribution in [-0.4, -0.2) is 31.5 Å². The minimum atomic E-state index is 0.134. The molecule has 21 heavy (non-hydrogen) atoms. The van der Waals surface area contributed by atoms with Gasteiger partial charge in [0, 0.05) is 0 Å². The molecular weight excluding hydrogens is 288 g/mol. The van der Waals surface area contributed by atoms with Crippen molar-refractivity contribution in [1.29, 1.82) is 0 Å². The number of ether oxygens (including phenoxy) is 1. The quantitative estimate of drug-likeness (QED) is 0.745. The van der Waals surface area contributed by atoms with Gasteiger partial charge in [0.2, 0.25) is 11.1 Å². The molecular formula is C13H14N6OS. The van der Waals surface area contributed by atoms with Gasteiger partial charge >= 0.3 is 6.01 Å². The Hall–Kier alpha value is -2.35. The Morgan fingerprint density at radius 2 is 2.05 bits per heavy atom. The molecule has 108 valence electrons. The van der Waals surface area contributed by atoms with Gasteiger partial charge < -0.3 is 15.5 Å². The zero-order valence-corrected chi connectivity index (χ0v) is 12.2. The topological polar surface area (TPSA) is 103 Å². The number of benzene rings is 1. The average Bonchev–Trinajstić information content (AvgIpc) is 2.86. The van der Waals surface area contributed by atoms with E-state index in [0.717, 1.165) is 17.5 Å². The second kappa shape index (κ2) is 5.96. The summed E-state index contributed by atoms with van der Waals surface area (Å²) in [7, 11) is 0. The maximum absolute atomic E-state index is 5.67. The van der Waals surface area contributed by atoms with Crippen LogP contribution in [0.3, 0.4) is 0 Å². The fraction of sp³-hybridized carbons (Fsp3) is 0.231. The molecule has 0 atom stereocenters. The van der Waals surface area contributed by atoms with E-state index in [1.807, 2.05) is 31.2 Å². The van der Waals surface area contributed by atoms with Crippen LogP contribution in [0.4, 0.5) is 5.95 Å². The molecule has 0 saturated carbocycles. The molecule has 3 aromatic rings. The van der Waals surface area contributed by atoms with E-state index in [4.69, 9.17) is 10.5 Å². The van der Waals surface area contributed by atoms with Crippen LogP contribution < -0.4 is 10.5 Å². The zero-order chi connectivity index (χ0) is 14.7. The summed E-state index contributed by atoms with van der Waals surface area (Å²) >= 11 is 1.29. The number of H-pyrrole nitrogens is 1. The van der Waals surface area contributed by atoms with Crippen molar-refractivity contribution in [2.75, 3.05) is 12.3 Å². The van der Waals surface area contributed by atoms with Crippen molar-refractivity contribution in [2.45, 2.75) is 23.7 Å². The SMILES string of the molecule is CCCOc1nc(N)nc(Sc2nc3ccccc3[nH]2)n1. The first kappa shape index (κ1) is 13.6. The minimum absolute atomic E-state index is 0.134. The van der Waals surface area contributed by atoms with Gasteiger partial charge in [-0.2, -0.15) is 15.0 Å². The van der Waals surface area contributed by atoms with E-state index < -0.39 is 0 Å². The molecule has 2 aromatic heterocycles. The highest BCUT2D eigenvalue weighted by Crippen LogP contribution is 2.25. The number of fused-ring (bicyclic) bond motifs is 1. The minimum Gasteiger partial charge on any atom is -0.463 e. The average molecular weight is 302 g/mol. The Kier molecular flexibility index (Phi) is 3.87. The number of hydrogen-bond donors (Lipinski definition) is 2. The number of aromatic amines is 1. The van der Waals surface area contributed by atoms with Crippen molar-refractivity contribution < 1.29 is 4.74 Å². The number of nitrogen functional groups attached to an aromatic ring is 1. The van der Waals surface area contributed by atoms with Gasteiger partial charge in [0.25, 0.3) is 0 Å². The largest absolute Gasteiger partial charge is 0.463 e. The summed E-state index contributed by atoms with van der Waals surface area (Å²) in [5, 5.41) is 1.15. The van der Waals surface area contributed by atoms with Crippen molar-refractivity contribution in [1.82, 2.24) is 24.9 Å². The highest BCUT2D eigenvalue weighted by molar-refractivity contribution is 7.99. The first-order valence-corrected chi connectivity index (χ1v) is 7.33. The molecule has 0 aliphatic carbocycles. The summed E-state index contributed by atoms with van der Waals surface area (Å²) in [5.74, 6) is 0.134. The van der Waals surface area contributed by atoms with E-state index in [-0.39, 0.29) is 12.0 Å². The molecule has 0 spiro atoms. The molecule has 0 unspecified atom stereocenters. The molecule has 7 nitrogen and oxygen atoms in total. The van der Waals surface area contributed by atoms with Crippen LogP contribution in [0.25, 0.3) is 11.0 Å². The second-order valence-corrected chi connectivity index (χ2v) is 5.22. The molecule has 0 radical (unpaired) electrons. The number of aromatic nitrogens is 5. The Labute approximate surface area is 125 Å². The van der Waals surface area contributed by atoms with Gasteiger partial charge in [0.1, 0.15) is 0 Å². The van der Waals surface area contributed by atoms with Crippen molar-refractivity contribution >= 4 is 28.7 Å². The lowest BCUT2D eigenvalue weighted by Crippen LogP contribution is -2.05. The highest BCUT2D eigenvalue weighted by Gasteiger charge is 2.10. The molecule has 0 bridgehead atoms. The summed E-state index contributed by atoms with van der Waals surface area (Å²) in [6.07, 6.45) is 0.873. The third-order valence-corrected chi connectivity index (χ3v) is 3.35. The van der Waals surface area contributed by atoms with E-state index in [1.54, 1.807) is 0 Å². The molecule has 0 fully saturated rings. The summed E-state index contributed by atoms with van der Waals surface area (Å²) in [4.78, 5) is 19.9. The standard InChI is InChI=1S/C13H14N6OS/c1-2-7-20-11-17-10(14)18-13(19-11)21-12-15-8-5-3-4-6-9(8)16-12/h3-6H,2,7H2,1H3,(H,15,16)(H2,14,17,18,19). The van der Waals surface area contributed by atoms with Gasteiger partial charge in [-0.05, 0) is 30.3 Å². The Bertz CT molecular complexity index is 726. The van der Waals surface area contributed by atoms with Gasteiger partial charge in [0.05, 0.1) is 17.6 Å². The van der Waals surface area contributed by atoms with Crippen LogP contribution in [0.1, 0.15) is 13.3 Å². The molecule has 3 N–H and O–H groups in total. The van der Waals surface area contributed by atoms with Crippen LogP contribution in [0, 0.1) is 0 Å². The first-order chi connectivity index (χ1) is 10.2. The Balaban J connectivity index is 1.84. The smallest absolute Gasteiger partial charge is 0.322 e. The van der Waals surface area contributed by atoms with E-state index in [9.17, 15) is 0 Å².